The lowest BCUT2D eigenvalue weighted by Gasteiger charge is -2.03. The van der Waals surface area contributed by atoms with E-state index in [4.69, 9.17) is 11.5 Å². The highest BCUT2D eigenvalue weighted by Gasteiger charge is 2.03. The summed E-state index contributed by atoms with van der Waals surface area (Å²) in [6.45, 7) is 0.730. The summed E-state index contributed by atoms with van der Waals surface area (Å²) in [6.07, 6.45) is 10.3. The molecular weight excluding hydrogens is 206 g/mol. The fourth-order valence-corrected chi connectivity index (χ4v) is 1.08. The first kappa shape index (κ1) is 12.0. The number of hydrogen-bond acceptors (Lipinski definition) is 4. The molecule has 5 nitrogen and oxygen atoms in total. The molecule has 84 valence electrons. The third-order valence-corrected chi connectivity index (χ3v) is 1.93. The first-order chi connectivity index (χ1) is 7.74. The molecule has 0 unspecified atom stereocenters. The fourth-order valence-electron chi connectivity index (χ4n) is 1.08. The lowest BCUT2D eigenvalue weighted by Crippen LogP contribution is -2.06. The van der Waals surface area contributed by atoms with E-state index in [0.29, 0.717) is 5.95 Å². The number of carbonyl (C=O) groups is 1. The Morgan fingerprint density at radius 2 is 2.12 bits per heavy atom. The number of hydrogen-bond donors (Lipinski definition) is 2. The van der Waals surface area contributed by atoms with E-state index in [0.717, 1.165) is 25.8 Å². The molecule has 1 aromatic heterocycles. The van der Waals surface area contributed by atoms with Crippen LogP contribution >= 0.6 is 0 Å². The van der Waals surface area contributed by atoms with E-state index in [1.165, 1.54) is 12.4 Å². The summed E-state index contributed by atoms with van der Waals surface area (Å²) in [6, 6.07) is 0. The van der Waals surface area contributed by atoms with Gasteiger partial charge in [0, 0.05) is 25.4 Å². The Morgan fingerprint density at radius 1 is 1.44 bits per heavy atom. The van der Waals surface area contributed by atoms with Gasteiger partial charge in [-0.3, -0.25) is 0 Å². The molecule has 0 amide bonds. The van der Waals surface area contributed by atoms with Crippen LogP contribution in [0.1, 0.15) is 29.6 Å². The molecule has 0 saturated carbocycles. The van der Waals surface area contributed by atoms with Gasteiger partial charge in [0.2, 0.25) is 5.95 Å². The minimum Gasteiger partial charge on any atom is -0.478 e. The van der Waals surface area contributed by atoms with Gasteiger partial charge >= 0.3 is 5.97 Å². The third kappa shape index (κ3) is 3.96. The van der Waals surface area contributed by atoms with Gasteiger partial charge in [-0.05, 0) is 12.8 Å². The second-order valence-electron chi connectivity index (χ2n) is 3.19. The highest BCUT2D eigenvalue weighted by Crippen LogP contribution is 2.01. The van der Waals surface area contributed by atoms with Crippen molar-refractivity contribution < 1.29 is 9.90 Å². The maximum atomic E-state index is 10.5. The molecule has 0 radical (unpaired) electrons. The van der Waals surface area contributed by atoms with Crippen molar-refractivity contribution in [2.24, 2.45) is 0 Å². The molecule has 0 spiro atoms. The summed E-state index contributed by atoms with van der Waals surface area (Å²) in [5, 5.41) is 11.6. The summed E-state index contributed by atoms with van der Waals surface area (Å²) in [4.78, 5) is 18.3. The van der Waals surface area contributed by atoms with Crippen molar-refractivity contribution >= 4 is 11.9 Å². The molecular formula is C11H13N3O2. The molecule has 1 rings (SSSR count). The number of nitrogens with zero attached hydrogens (tertiary/aromatic N) is 2. The SMILES string of the molecule is C#CCCCCNc1ncc(C(=O)O)cn1. The Kier molecular flexibility index (Phi) is 4.80. The maximum absolute atomic E-state index is 10.5. The average molecular weight is 219 g/mol. The Bertz CT molecular complexity index is 381. The minimum atomic E-state index is -1.03. The number of aromatic nitrogens is 2. The minimum absolute atomic E-state index is 0.0814. The largest absolute Gasteiger partial charge is 0.478 e. The number of rotatable bonds is 6. The van der Waals surface area contributed by atoms with Crippen LogP contribution in [0.3, 0.4) is 0 Å². The van der Waals surface area contributed by atoms with Gasteiger partial charge in [0.1, 0.15) is 0 Å². The smallest absolute Gasteiger partial charge is 0.338 e. The lowest BCUT2D eigenvalue weighted by molar-refractivity contribution is 0.0696. The fraction of sp³-hybridized carbons (Fsp3) is 0.364. The predicted molar refractivity (Wildman–Crippen MR) is 60.2 cm³/mol. The van der Waals surface area contributed by atoms with E-state index < -0.39 is 5.97 Å². The molecule has 0 aliphatic carbocycles. The molecule has 5 heteroatoms. The molecule has 0 bridgehead atoms. The first-order valence-electron chi connectivity index (χ1n) is 4.96. The Labute approximate surface area is 93.9 Å². The molecule has 0 saturated heterocycles. The number of carboxylic acid groups (broad SMARTS) is 1. The zero-order chi connectivity index (χ0) is 11.8. The van der Waals surface area contributed by atoms with Gasteiger partial charge in [0.25, 0.3) is 0 Å². The number of anilines is 1. The summed E-state index contributed by atoms with van der Waals surface area (Å²) in [5.41, 5.74) is 0.0814. The summed E-state index contributed by atoms with van der Waals surface area (Å²) < 4.78 is 0. The van der Waals surface area contributed by atoms with Crippen LogP contribution in [-0.4, -0.2) is 27.6 Å². The Morgan fingerprint density at radius 3 is 2.69 bits per heavy atom. The van der Waals surface area contributed by atoms with Gasteiger partial charge in [0.15, 0.2) is 0 Å². The van der Waals surface area contributed by atoms with Crippen molar-refractivity contribution in [3.63, 3.8) is 0 Å². The standard InChI is InChI=1S/C11H13N3O2/c1-2-3-4-5-6-12-11-13-7-9(8-14-11)10(15)16/h1,7-8H,3-6H2,(H,15,16)(H,12,13,14). The number of unbranched alkanes of at least 4 members (excludes halogenated alkanes) is 2. The van der Waals surface area contributed by atoms with Crippen molar-refractivity contribution in [2.75, 3.05) is 11.9 Å². The molecule has 0 atom stereocenters. The van der Waals surface area contributed by atoms with Gasteiger partial charge < -0.3 is 10.4 Å². The van der Waals surface area contributed by atoms with Crippen LogP contribution in [0.2, 0.25) is 0 Å². The van der Waals surface area contributed by atoms with Crippen LogP contribution in [0.15, 0.2) is 12.4 Å². The first-order valence-corrected chi connectivity index (χ1v) is 4.96. The molecule has 0 fully saturated rings. The van der Waals surface area contributed by atoms with E-state index in [1.54, 1.807) is 0 Å². The van der Waals surface area contributed by atoms with Crippen LogP contribution in [0.25, 0.3) is 0 Å². The molecule has 1 aromatic rings. The maximum Gasteiger partial charge on any atom is 0.338 e. The van der Waals surface area contributed by atoms with Crippen LogP contribution in [0.5, 0.6) is 0 Å². The van der Waals surface area contributed by atoms with Crippen molar-refractivity contribution in [1.82, 2.24) is 9.97 Å². The topological polar surface area (TPSA) is 75.1 Å². The lowest BCUT2D eigenvalue weighted by atomic mass is 10.2. The van der Waals surface area contributed by atoms with Gasteiger partial charge in [-0.25, -0.2) is 14.8 Å². The Balaban J connectivity index is 2.33. The van der Waals surface area contributed by atoms with Crippen molar-refractivity contribution in [2.45, 2.75) is 19.3 Å². The number of aromatic carboxylic acids is 1. The van der Waals surface area contributed by atoms with Gasteiger partial charge in [-0.2, -0.15) is 0 Å². The zero-order valence-electron chi connectivity index (χ0n) is 8.81. The van der Waals surface area contributed by atoms with Gasteiger partial charge in [0.05, 0.1) is 5.56 Å². The number of terminal acetylenes is 1. The summed E-state index contributed by atoms with van der Waals surface area (Å²) in [5.74, 6) is 1.97. The average Bonchev–Trinajstić information content (AvgIpc) is 2.29. The second-order valence-corrected chi connectivity index (χ2v) is 3.19. The highest BCUT2D eigenvalue weighted by atomic mass is 16.4. The van der Waals surface area contributed by atoms with E-state index in [-0.39, 0.29) is 5.56 Å². The van der Waals surface area contributed by atoms with Crippen molar-refractivity contribution in [3.8, 4) is 12.3 Å². The van der Waals surface area contributed by atoms with Crippen LogP contribution in [-0.2, 0) is 0 Å². The summed E-state index contributed by atoms with van der Waals surface area (Å²) >= 11 is 0. The molecule has 2 N–H and O–H groups in total. The quantitative estimate of drug-likeness (QED) is 0.558. The van der Waals surface area contributed by atoms with Crippen molar-refractivity contribution in [3.05, 3.63) is 18.0 Å². The molecule has 0 aromatic carbocycles. The molecule has 0 aliphatic heterocycles. The monoisotopic (exact) mass is 219 g/mol. The van der Waals surface area contributed by atoms with E-state index >= 15 is 0 Å². The second kappa shape index (κ2) is 6.40. The van der Waals surface area contributed by atoms with E-state index in [9.17, 15) is 4.79 Å². The summed E-state index contributed by atoms with van der Waals surface area (Å²) in [7, 11) is 0. The zero-order valence-corrected chi connectivity index (χ0v) is 8.81. The van der Waals surface area contributed by atoms with Crippen LogP contribution < -0.4 is 5.32 Å². The highest BCUT2D eigenvalue weighted by molar-refractivity contribution is 5.86. The predicted octanol–water partition coefficient (Wildman–Crippen LogP) is 1.39. The molecule has 16 heavy (non-hydrogen) atoms. The van der Waals surface area contributed by atoms with E-state index in [1.807, 2.05) is 0 Å². The molecule has 1 heterocycles. The Hall–Kier alpha value is -2.09. The van der Waals surface area contributed by atoms with Crippen LogP contribution in [0, 0.1) is 12.3 Å². The number of carboxylic acids is 1. The molecule has 0 aliphatic rings. The normalized spacial score (nSPS) is 9.44. The third-order valence-electron chi connectivity index (χ3n) is 1.93. The van der Waals surface area contributed by atoms with Crippen LogP contribution in [0.4, 0.5) is 5.95 Å². The van der Waals surface area contributed by atoms with Crippen molar-refractivity contribution in [1.29, 1.82) is 0 Å². The van der Waals surface area contributed by atoms with E-state index in [2.05, 4.69) is 21.2 Å². The van der Waals surface area contributed by atoms with Gasteiger partial charge in [-0.15, -0.1) is 12.3 Å². The number of nitrogens with one attached hydrogen (secondary N) is 1. The van der Waals surface area contributed by atoms with Gasteiger partial charge in [-0.1, -0.05) is 0 Å².